The molecule has 1 unspecified atom stereocenters. The second kappa shape index (κ2) is 6.34. The summed E-state index contributed by atoms with van der Waals surface area (Å²) >= 11 is 0. The van der Waals surface area contributed by atoms with Crippen molar-refractivity contribution in [3.05, 3.63) is 59.9 Å². The topological polar surface area (TPSA) is 83.1 Å². The van der Waals surface area contributed by atoms with Crippen LogP contribution in [0.15, 0.2) is 53.4 Å². The Morgan fingerprint density at radius 2 is 1.88 bits per heavy atom. The predicted molar refractivity (Wildman–Crippen MR) is 98.4 cm³/mol. The van der Waals surface area contributed by atoms with Crippen molar-refractivity contribution < 1.29 is 13.2 Å². The zero-order valence-corrected chi connectivity index (χ0v) is 15.2. The number of aromatic amines is 1. The molecule has 0 spiro atoms. The molecule has 1 atom stereocenters. The van der Waals surface area contributed by atoms with Gasteiger partial charge in [0.15, 0.2) is 5.78 Å². The molecule has 0 saturated carbocycles. The number of fused-ring (bicyclic) bond motifs is 1. The van der Waals surface area contributed by atoms with Crippen molar-refractivity contribution in [3.8, 4) is 0 Å². The van der Waals surface area contributed by atoms with E-state index in [1.807, 2.05) is 24.3 Å². The van der Waals surface area contributed by atoms with Gasteiger partial charge in [0.1, 0.15) is 5.82 Å². The van der Waals surface area contributed by atoms with Gasteiger partial charge in [0.2, 0.25) is 10.0 Å². The molecule has 26 heavy (non-hydrogen) atoms. The number of ketones is 1. The molecule has 2 heterocycles. The van der Waals surface area contributed by atoms with Crippen LogP contribution in [0, 0.1) is 0 Å². The minimum absolute atomic E-state index is 0.0877. The highest BCUT2D eigenvalue weighted by atomic mass is 32.2. The average Bonchev–Trinajstić information content (AvgIpc) is 3.28. The third kappa shape index (κ3) is 2.83. The summed E-state index contributed by atoms with van der Waals surface area (Å²) in [5.41, 5.74) is 2.23. The molecule has 0 aliphatic carbocycles. The van der Waals surface area contributed by atoms with Gasteiger partial charge >= 0.3 is 0 Å². The van der Waals surface area contributed by atoms with Crippen LogP contribution in [0.3, 0.4) is 0 Å². The molecule has 0 bridgehead atoms. The Bertz CT molecular complexity index is 1040. The van der Waals surface area contributed by atoms with Gasteiger partial charge in [-0.15, -0.1) is 0 Å². The Morgan fingerprint density at radius 3 is 2.58 bits per heavy atom. The molecule has 1 saturated heterocycles. The van der Waals surface area contributed by atoms with Gasteiger partial charge in [0.25, 0.3) is 0 Å². The summed E-state index contributed by atoms with van der Waals surface area (Å²) in [6, 6.07) is 13.5. The quantitative estimate of drug-likeness (QED) is 0.715. The molecule has 2 aromatic carbocycles. The molecule has 0 amide bonds. The van der Waals surface area contributed by atoms with Crippen molar-refractivity contribution in [2.45, 2.75) is 30.7 Å². The molecular formula is C19H19N3O3S. The van der Waals surface area contributed by atoms with Crippen LogP contribution in [-0.4, -0.2) is 35.0 Å². The first-order chi connectivity index (χ1) is 12.5. The van der Waals surface area contributed by atoms with Crippen LogP contribution in [0.2, 0.25) is 0 Å². The Balaban J connectivity index is 1.69. The van der Waals surface area contributed by atoms with Gasteiger partial charge in [0, 0.05) is 12.1 Å². The van der Waals surface area contributed by atoms with Gasteiger partial charge in [-0.2, -0.15) is 4.31 Å². The number of Topliss-reactive ketones (excluding diaryl/α,β-unsaturated/α-hetero) is 1. The van der Waals surface area contributed by atoms with Crippen LogP contribution in [0.4, 0.5) is 0 Å². The van der Waals surface area contributed by atoms with Crippen molar-refractivity contribution in [1.29, 1.82) is 0 Å². The SMILES string of the molecule is CC(=O)c1ccc(S(=O)(=O)N2CCCC2c2nc3ccccc3[nH]2)cc1. The molecule has 134 valence electrons. The maximum absolute atomic E-state index is 13.1. The minimum Gasteiger partial charge on any atom is -0.341 e. The number of aromatic nitrogens is 2. The second-order valence-electron chi connectivity index (χ2n) is 6.49. The van der Waals surface area contributed by atoms with Gasteiger partial charge in [0.05, 0.1) is 22.0 Å². The standard InChI is InChI=1S/C19H19N3O3S/c1-13(23)14-8-10-15(11-9-14)26(24,25)22-12-4-7-18(22)19-20-16-5-2-3-6-17(16)21-19/h2-3,5-6,8-11,18H,4,7,12H2,1H3,(H,20,21). The molecule has 1 N–H and O–H groups in total. The smallest absolute Gasteiger partial charge is 0.243 e. The lowest BCUT2D eigenvalue weighted by molar-refractivity contribution is 0.101. The van der Waals surface area contributed by atoms with E-state index in [0.717, 1.165) is 23.9 Å². The highest BCUT2D eigenvalue weighted by molar-refractivity contribution is 7.89. The summed E-state index contributed by atoms with van der Waals surface area (Å²) in [5.74, 6) is 0.586. The second-order valence-corrected chi connectivity index (χ2v) is 8.38. The maximum atomic E-state index is 13.1. The van der Waals surface area contributed by atoms with Gasteiger partial charge in [-0.05, 0) is 44.0 Å². The summed E-state index contributed by atoms with van der Waals surface area (Å²) in [6.07, 6.45) is 1.51. The first-order valence-corrected chi connectivity index (χ1v) is 9.98. The molecular weight excluding hydrogens is 350 g/mol. The highest BCUT2D eigenvalue weighted by Gasteiger charge is 2.37. The van der Waals surface area contributed by atoms with Crippen molar-refractivity contribution in [2.75, 3.05) is 6.54 Å². The average molecular weight is 369 g/mol. The van der Waals surface area contributed by atoms with Crippen molar-refractivity contribution >= 4 is 26.8 Å². The molecule has 1 aliphatic rings. The number of rotatable bonds is 4. The Labute approximate surface area is 151 Å². The molecule has 4 rings (SSSR count). The lowest BCUT2D eigenvalue weighted by Crippen LogP contribution is -2.31. The monoisotopic (exact) mass is 369 g/mol. The van der Waals surface area contributed by atoms with E-state index in [0.29, 0.717) is 17.9 Å². The van der Waals surface area contributed by atoms with E-state index in [1.54, 1.807) is 12.1 Å². The van der Waals surface area contributed by atoms with Crippen molar-refractivity contribution in [1.82, 2.24) is 14.3 Å². The number of nitrogens with one attached hydrogen (secondary N) is 1. The Morgan fingerprint density at radius 1 is 1.15 bits per heavy atom. The number of para-hydroxylation sites is 2. The Hall–Kier alpha value is -2.51. The van der Waals surface area contributed by atoms with E-state index in [-0.39, 0.29) is 16.7 Å². The van der Waals surface area contributed by atoms with E-state index >= 15 is 0 Å². The molecule has 1 aromatic heterocycles. The van der Waals surface area contributed by atoms with E-state index in [2.05, 4.69) is 9.97 Å². The normalized spacial score (nSPS) is 18.4. The zero-order chi connectivity index (χ0) is 18.3. The number of benzene rings is 2. The lowest BCUT2D eigenvalue weighted by Gasteiger charge is -2.22. The van der Waals surface area contributed by atoms with Gasteiger partial charge < -0.3 is 4.98 Å². The fourth-order valence-electron chi connectivity index (χ4n) is 3.43. The number of imidazole rings is 1. The summed E-state index contributed by atoms with van der Waals surface area (Å²) in [5, 5.41) is 0. The largest absolute Gasteiger partial charge is 0.341 e. The first kappa shape index (κ1) is 16.9. The Kier molecular flexibility index (Phi) is 4.13. The van der Waals surface area contributed by atoms with E-state index < -0.39 is 10.0 Å². The van der Waals surface area contributed by atoms with Crippen LogP contribution < -0.4 is 0 Å². The fraction of sp³-hybridized carbons (Fsp3) is 0.263. The van der Waals surface area contributed by atoms with Crippen LogP contribution in [-0.2, 0) is 10.0 Å². The summed E-state index contributed by atoms with van der Waals surface area (Å²) in [6.45, 7) is 1.92. The van der Waals surface area contributed by atoms with Crippen molar-refractivity contribution in [3.63, 3.8) is 0 Å². The third-order valence-corrected chi connectivity index (χ3v) is 6.72. The van der Waals surface area contributed by atoms with Crippen molar-refractivity contribution in [2.24, 2.45) is 0 Å². The number of hydrogen-bond donors (Lipinski definition) is 1. The van der Waals surface area contributed by atoms with E-state index in [4.69, 9.17) is 0 Å². The van der Waals surface area contributed by atoms with Crippen LogP contribution in [0.5, 0.6) is 0 Å². The third-order valence-electron chi connectivity index (χ3n) is 4.79. The maximum Gasteiger partial charge on any atom is 0.243 e. The summed E-state index contributed by atoms with van der Waals surface area (Å²) in [4.78, 5) is 19.4. The first-order valence-electron chi connectivity index (χ1n) is 8.54. The molecule has 7 heteroatoms. The van der Waals surface area contributed by atoms with Crippen LogP contribution in [0.25, 0.3) is 11.0 Å². The van der Waals surface area contributed by atoms with Gasteiger partial charge in [-0.3, -0.25) is 4.79 Å². The predicted octanol–water partition coefficient (Wildman–Crippen LogP) is 3.29. The van der Waals surface area contributed by atoms with Crippen LogP contribution >= 0.6 is 0 Å². The summed E-state index contributed by atoms with van der Waals surface area (Å²) < 4.78 is 27.7. The number of hydrogen-bond acceptors (Lipinski definition) is 4. The summed E-state index contributed by atoms with van der Waals surface area (Å²) in [7, 11) is -3.65. The van der Waals surface area contributed by atoms with E-state index in [9.17, 15) is 13.2 Å². The lowest BCUT2D eigenvalue weighted by atomic mass is 10.2. The fourth-order valence-corrected chi connectivity index (χ4v) is 5.09. The number of H-pyrrole nitrogens is 1. The van der Waals surface area contributed by atoms with Gasteiger partial charge in [-0.1, -0.05) is 24.3 Å². The molecule has 0 radical (unpaired) electrons. The molecule has 1 aliphatic heterocycles. The number of carbonyl (C=O) groups is 1. The van der Waals surface area contributed by atoms with Crippen LogP contribution in [0.1, 0.15) is 42.0 Å². The highest BCUT2D eigenvalue weighted by Crippen LogP contribution is 2.36. The molecule has 1 fully saturated rings. The minimum atomic E-state index is -3.65. The van der Waals surface area contributed by atoms with E-state index in [1.165, 1.54) is 23.4 Å². The zero-order valence-electron chi connectivity index (χ0n) is 14.3. The number of nitrogens with zero attached hydrogens (tertiary/aromatic N) is 2. The van der Waals surface area contributed by atoms with Gasteiger partial charge in [-0.25, -0.2) is 13.4 Å². The number of sulfonamides is 1. The molecule has 3 aromatic rings. The molecule has 6 nitrogen and oxygen atoms in total. The number of carbonyl (C=O) groups excluding carboxylic acids is 1.